The number of carbonyl (C=O) groups excluding carboxylic acids is 1. The molecule has 24 heavy (non-hydrogen) atoms. The molecule has 1 heterocycles. The zero-order valence-corrected chi connectivity index (χ0v) is 14.2. The van der Waals surface area contributed by atoms with Crippen LogP contribution in [-0.2, 0) is 0 Å². The van der Waals surface area contributed by atoms with Gasteiger partial charge in [-0.05, 0) is 38.3 Å². The summed E-state index contributed by atoms with van der Waals surface area (Å²) in [4.78, 5) is 16.4. The van der Waals surface area contributed by atoms with Crippen molar-refractivity contribution in [3.05, 3.63) is 29.8 Å². The molecule has 1 aromatic carbocycles. The van der Waals surface area contributed by atoms with Crippen molar-refractivity contribution in [2.45, 2.75) is 32.2 Å². The molecule has 0 saturated carbocycles. The number of nitriles is 1. The molecule has 1 fully saturated rings. The first-order valence-electron chi connectivity index (χ1n) is 8.56. The summed E-state index contributed by atoms with van der Waals surface area (Å²) in [5.74, 6) is 0. The van der Waals surface area contributed by atoms with Gasteiger partial charge in [0.05, 0.1) is 11.3 Å². The summed E-state index contributed by atoms with van der Waals surface area (Å²) in [5.41, 5.74) is 1.62. The zero-order valence-electron chi connectivity index (χ0n) is 14.2. The molecule has 1 unspecified atom stereocenters. The van der Waals surface area contributed by atoms with Gasteiger partial charge in [-0.25, -0.2) is 4.79 Å². The average molecular weight is 330 g/mol. The molecule has 2 N–H and O–H groups in total. The van der Waals surface area contributed by atoms with Gasteiger partial charge in [-0.2, -0.15) is 5.26 Å². The van der Waals surface area contributed by atoms with Crippen LogP contribution in [0.1, 0.15) is 31.7 Å². The van der Waals surface area contributed by atoms with Crippen LogP contribution in [0.3, 0.4) is 0 Å². The Morgan fingerprint density at radius 2 is 2.12 bits per heavy atom. The lowest BCUT2D eigenvalue weighted by Gasteiger charge is -2.25. The summed E-state index contributed by atoms with van der Waals surface area (Å²) in [5, 5.41) is 21.1. The summed E-state index contributed by atoms with van der Waals surface area (Å²) in [7, 11) is 0. The molecular formula is C18H26N4O2. The van der Waals surface area contributed by atoms with Crippen LogP contribution >= 0.6 is 0 Å². The van der Waals surface area contributed by atoms with E-state index in [2.05, 4.69) is 16.3 Å². The number of hydrogen-bond acceptors (Lipinski definition) is 4. The molecule has 2 rings (SSSR count). The van der Waals surface area contributed by atoms with Crippen molar-refractivity contribution in [2.24, 2.45) is 0 Å². The molecule has 6 nitrogen and oxygen atoms in total. The first-order valence-corrected chi connectivity index (χ1v) is 8.56. The normalized spacial score (nSPS) is 16.2. The summed E-state index contributed by atoms with van der Waals surface area (Å²) >= 11 is 0. The molecular weight excluding hydrogens is 304 g/mol. The van der Waals surface area contributed by atoms with E-state index in [0.717, 1.165) is 31.6 Å². The Hall–Kier alpha value is -2.26. The Labute approximate surface area is 143 Å². The zero-order chi connectivity index (χ0) is 17.4. The van der Waals surface area contributed by atoms with E-state index in [0.29, 0.717) is 25.1 Å². The monoisotopic (exact) mass is 330 g/mol. The lowest BCUT2D eigenvalue weighted by molar-refractivity contribution is 0.196. The van der Waals surface area contributed by atoms with Crippen LogP contribution in [0.5, 0.6) is 0 Å². The molecule has 0 aromatic heterocycles. The second-order valence-electron chi connectivity index (χ2n) is 6.17. The number of benzene rings is 1. The molecule has 0 aliphatic carbocycles. The highest BCUT2D eigenvalue weighted by Crippen LogP contribution is 2.21. The lowest BCUT2D eigenvalue weighted by atomic mass is 10.1. The van der Waals surface area contributed by atoms with E-state index >= 15 is 0 Å². The summed E-state index contributed by atoms with van der Waals surface area (Å²) in [6.07, 6.45) is 2.34. The molecule has 0 radical (unpaired) electrons. The van der Waals surface area contributed by atoms with E-state index < -0.39 is 0 Å². The Morgan fingerprint density at radius 3 is 2.88 bits per heavy atom. The van der Waals surface area contributed by atoms with Gasteiger partial charge in [0.25, 0.3) is 0 Å². The van der Waals surface area contributed by atoms with Gasteiger partial charge in [0.15, 0.2) is 0 Å². The van der Waals surface area contributed by atoms with E-state index in [9.17, 15) is 10.1 Å². The van der Waals surface area contributed by atoms with Gasteiger partial charge in [0.1, 0.15) is 6.07 Å². The third kappa shape index (κ3) is 4.87. The second-order valence-corrected chi connectivity index (χ2v) is 6.17. The molecule has 1 aromatic rings. The Morgan fingerprint density at radius 1 is 1.33 bits per heavy atom. The minimum absolute atomic E-state index is 0.0455. The predicted octanol–water partition coefficient (Wildman–Crippen LogP) is 1.94. The van der Waals surface area contributed by atoms with Gasteiger partial charge in [0.2, 0.25) is 0 Å². The topological polar surface area (TPSA) is 79.6 Å². The van der Waals surface area contributed by atoms with E-state index in [1.807, 2.05) is 36.1 Å². The SMILES string of the molecule is CC(CCCO)NC(=O)N1CCCN(c2ccccc2C#N)CC1. The average Bonchev–Trinajstić information content (AvgIpc) is 2.86. The van der Waals surface area contributed by atoms with Gasteiger partial charge >= 0.3 is 6.03 Å². The number of carbonyl (C=O) groups is 1. The number of urea groups is 1. The molecule has 6 heteroatoms. The quantitative estimate of drug-likeness (QED) is 0.865. The van der Waals surface area contributed by atoms with Crippen molar-refractivity contribution >= 4 is 11.7 Å². The van der Waals surface area contributed by atoms with E-state index in [4.69, 9.17) is 5.11 Å². The minimum atomic E-state index is -0.0455. The van der Waals surface area contributed by atoms with Crippen LogP contribution in [0.4, 0.5) is 10.5 Å². The summed E-state index contributed by atoms with van der Waals surface area (Å²) in [6, 6.07) is 9.85. The number of aliphatic hydroxyl groups excluding tert-OH is 1. The summed E-state index contributed by atoms with van der Waals surface area (Å²) < 4.78 is 0. The van der Waals surface area contributed by atoms with Crippen LogP contribution in [-0.4, -0.2) is 54.9 Å². The Kier molecular flexibility index (Phi) is 6.89. The Bertz CT molecular complexity index is 585. The van der Waals surface area contributed by atoms with Crippen LogP contribution in [0.15, 0.2) is 24.3 Å². The number of nitrogens with zero attached hydrogens (tertiary/aromatic N) is 3. The van der Waals surface area contributed by atoms with Gasteiger partial charge in [-0.3, -0.25) is 0 Å². The maximum absolute atomic E-state index is 12.4. The van der Waals surface area contributed by atoms with Gasteiger partial charge in [-0.1, -0.05) is 12.1 Å². The number of aliphatic hydroxyl groups is 1. The van der Waals surface area contributed by atoms with Gasteiger partial charge in [0, 0.05) is 38.8 Å². The standard InChI is InChI=1S/C18H26N4O2/c1-15(6-4-13-23)20-18(24)22-10-5-9-21(11-12-22)17-8-3-2-7-16(17)14-19/h2-3,7-8,15,23H,4-6,9-13H2,1H3,(H,20,24). The van der Waals surface area contributed by atoms with Crippen LogP contribution in [0.2, 0.25) is 0 Å². The van der Waals surface area contributed by atoms with Crippen LogP contribution < -0.4 is 10.2 Å². The molecule has 0 spiro atoms. The number of para-hydroxylation sites is 1. The van der Waals surface area contributed by atoms with Crippen molar-refractivity contribution in [2.75, 3.05) is 37.7 Å². The fourth-order valence-electron chi connectivity index (χ4n) is 2.98. The first kappa shape index (κ1) is 18.1. The molecule has 0 bridgehead atoms. The highest BCUT2D eigenvalue weighted by atomic mass is 16.3. The highest BCUT2D eigenvalue weighted by molar-refractivity contribution is 5.74. The fourth-order valence-corrected chi connectivity index (χ4v) is 2.98. The number of anilines is 1. The predicted molar refractivity (Wildman–Crippen MR) is 93.9 cm³/mol. The highest BCUT2D eigenvalue weighted by Gasteiger charge is 2.21. The molecule has 1 saturated heterocycles. The fraction of sp³-hybridized carbons (Fsp3) is 0.556. The lowest BCUT2D eigenvalue weighted by Crippen LogP contribution is -2.45. The maximum atomic E-state index is 12.4. The number of rotatable bonds is 5. The third-order valence-corrected chi connectivity index (χ3v) is 4.31. The number of nitrogens with one attached hydrogen (secondary N) is 1. The van der Waals surface area contributed by atoms with Crippen LogP contribution in [0.25, 0.3) is 0 Å². The van der Waals surface area contributed by atoms with Crippen molar-refractivity contribution < 1.29 is 9.90 Å². The van der Waals surface area contributed by atoms with Crippen LogP contribution in [0, 0.1) is 11.3 Å². The van der Waals surface area contributed by atoms with E-state index in [1.54, 1.807) is 0 Å². The maximum Gasteiger partial charge on any atom is 0.317 e. The van der Waals surface area contributed by atoms with E-state index in [-0.39, 0.29) is 18.7 Å². The van der Waals surface area contributed by atoms with Crippen molar-refractivity contribution in [3.8, 4) is 6.07 Å². The first-order chi connectivity index (χ1) is 11.7. The third-order valence-electron chi connectivity index (χ3n) is 4.31. The van der Waals surface area contributed by atoms with Gasteiger partial charge in [-0.15, -0.1) is 0 Å². The molecule has 2 amide bonds. The van der Waals surface area contributed by atoms with E-state index in [1.165, 1.54) is 0 Å². The smallest absolute Gasteiger partial charge is 0.317 e. The number of hydrogen-bond donors (Lipinski definition) is 2. The summed E-state index contributed by atoms with van der Waals surface area (Å²) in [6.45, 7) is 5.01. The molecule has 1 aliphatic rings. The van der Waals surface area contributed by atoms with Crippen molar-refractivity contribution in [1.82, 2.24) is 10.2 Å². The van der Waals surface area contributed by atoms with Crippen molar-refractivity contribution in [3.63, 3.8) is 0 Å². The second kappa shape index (κ2) is 9.14. The molecule has 1 aliphatic heterocycles. The number of amides is 2. The van der Waals surface area contributed by atoms with Crippen molar-refractivity contribution in [1.29, 1.82) is 5.26 Å². The largest absolute Gasteiger partial charge is 0.396 e. The Balaban J connectivity index is 1.93. The molecule has 1 atom stereocenters. The van der Waals surface area contributed by atoms with Gasteiger partial charge < -0.3 is 20.2 Å². The molecule has 130 valence electrons. The minimum Gasteiger partial charge on any atom is -0.396 e.